The molecule has 0 saturated carbocycles. The largest absolute Gasteiger partial charge is 0.390 e. The third kappa shape index (κ3) is 11.0. The zero-order chi connectivity index (χ0) is 31.1. The van der Waals surface area contributed by atoms with Crippen LogP contribution in [0.25, 0.3) is 0 Å². The van der Waals surface area contributed by atoms with Gasteiger partial charge in [0.15, 0.2) is 0 Å². The highest BCUT2D eigenvalue weighted by Crippen LogP contribution is 2.15. The number of nitrogens with one attached hydrogen (secondary N) is 2. The van der Waals surface area contributed by atoms with Crippen molar-refractivity contribution in [3.63, 3.8) is 0 Å². The van der Waals surface area contributed by atoms with Crippen LogP contribution in [0.2, 0.25) is 0 Å². The second-order valence-electron chi connectivity index (χ2n) is 11.0. The summed E-state index contributed by atoms with van der Waals surface area (Å²) in [7, 11) is 0. The molecule has 8 heteroatoms. The third-order valence-electron chi connectivity index (χ3n) is 6.94. The van der Waals surface area contributed by atoms with E-state index in [1.54, 1.807) is 28.1 Å². The van der Waals surface area contributed by atoms with Crippen molar-refractivity contribution < 1.29 is 19.5 Å². The first-order chi connectivity index (χ1) is 20.1. The number of unbranched alkanes of at least 4 members (excludes halogenated alkanes) is 1. The predicted molar refractivity (Wildman–Crippen MR) is 168 cm³/mol. The number of amides is 3. The lowest BCUT2D eigenvalue weighted by Gasteiger charge is -2.31. The summed E-state index contributed by atoms with van der Waals surface area (Å²) in [6.07, 6.45) is 8.47. The number of carbonyl (C=O) groups is 3. The monoisotopic (exact) mass is 576 g/mol. The molecular formula is C34H48N4O4. The Labute approximate surface area is 251 Å². The molecule has 8 nitrogen and oxygen atoms in total. The van der Waals surface area contributed by atoms with Gasteiger partial charge in [0.1, 0.15) is 0 Å². The smallest absolute Gasteiger partial charge is 0.253 e. The Hall–Kier alpha value is -3.67. The van der Waals surface area contributed by atoms with E-state index < -0.39 is 18.1 Å². The van der Waals surface area contributed by atoms with E-state index in [4.69, 9.17) is 6.42 Å². The molecule has 0 radical (unpaired) electrons. The van der Waals surface area contributed by atoms with Crippen LogP contribution in [-0.2, 0) is 11.2 Å². The first-order valence-corrected chi connectivity index (χ1v) is 15.1. The maximum Gasteiger partial charge on any atom is 0.253 e. The van der Waals surface area contributed by atoms with Crippen molar-refractivity contribution in [1.82, 2.24) is 20.7 Å². The Morgan fingerprint density at radius 1 is 0.929 bits per heavy atom. The first kappa shape index (κ1) is 34.5. The molecule has 228 valence electrons. The minimum atomic E-state index is -1.00. The highest BCUT2D eigenvalue weighted by molar-refractivity contribution is 6.00. The fraction of sp³-hybridized carbons (Fsp3) is 0.500. The number of aliphatic hydroxyl groups excluding tert-OH is 1. The predicted octanol–water partition coefficient (Wildman–Crippen LogP) is 4.42. The molecule has 3 N–H and O–H groups in total. The molecule has 0 aliphatic carbocycles. The number of rotatable bonds is 17. The van der Waals surface area contributed by atoms with Gasteiger partial charge in [-0.15, -0.1) is 6.42 Å². The SMILES string of the molecule is C#Cc1cc(C(=O)NC(Cc2ccccc2)C(O)CN(CCCC)NC(=O)C(C)C)cc(C(=O)N(CCC)CCC)c1. The molecule has 0 bridgehead atoms. The van der Waals surface area contributed by atoms with Crippen molar-refractivity contribution in [3.8, 4) is 12.3 Å². The summed E-state index contributed by atoms with van der Waals surface area (Å²) >= 11 is 0. The van der Waals surface area contributed by atoms with Crippen molar-refractivity contribution >= 4 is 17.7 Å². The molecule has 0 aliphatic heterocycles. The molecule has 42 heavy (non-hydrogen) atoms. The maximum atomic E-state index is 13.6. The van der Waals surface area contributed by atoms with Crippen LogP contribution in [-0.4, -0.2) is 71.1 Å². The molecule has 2 atom stereocenters. The van der Waals surface area contributed by atoms with Gasteiger partial charge < -0.3 is 15.3 Å². The summed E-state index contributed by atoms with van der Waals surface area (Å²) in [5.41, 5.74) is 4.90. The molecule has 2 unspecified atom stereocenters. The topological polar surface area (TPSA) is 102 Å². The summed E-state index contributed by atoms with van der Waals surface area (Å²) in [5.74, 6) is 1.61. The fourth-order valence-electron chi connectivity index (χ4n) is 4.59. The molecular weight excluding hydrogens is 528 g/mol. The molecule has 0 aromatic heterocycles. The molecule has 2 rings (SSSR count). The number of hydrazine groups is 1. The normalized spacial score (nSPS) is 12.5. The van der Waals surface area contributed by atoms with E-state index in [1.165, 1.54) is 0 Å². The van der Waals surface area contributed by atoms with Crippen molar-refractivity contribution in [1.29, 1.82) is 0 Å². The minimum Gasteiger partial charge on any atom is -0.390 e. The zero-order valence-electron chi connectivity index (χ0n) is 25.9. The maximum absolute atomic E-state index is 13.6. The molecule has 0 aliphatic rings. The van der Waals surface area contributed by atoms with Crippen molar-refractivity contribution in [2.24, 2.45) is 5.92 Å². The average molecular weight is 577 g/mol. The van der Waals surface area contributed by atoms with Gasteiger partial charge in [0, 0.05) is 48.8 Å². The second-order valence-corrected chi connectivity index (χ2v) is 11.0. The Morgan fingerprint density at radius 3 is 2.14 bits per heavy atom. The van der Waals surface area contributed by atoms with Crippen molar-refractivity contribution in [3.05, 3.63) is 70.8 Å². The Kier molecular flexibility index (Phi) is 14.8. The highest BCUT2D eigenvalue weighted by Gasteiger charge is 2.26. The van der Waals surface area contributed by atoms with Gasteiger partial charge >= 0.3 is 0 Å². The lowest BCUT2D eigenvalue weighted by atomic mass is 9.99. The summed E-state index contributed by atoms with van der Waals surface area (Å²) < 4.78 is 0. The number of hydrogen-bond donors (Lipinski definition) is 3. The number of hydrogen-bond acceptors (Lipinski definition) is 5. The van der Waals surface area contributed by atoms with Crippen LogP contribution in [0.15, 0.2) is 48.5 Å². The summed E-state index contributed by atoms with van der Waals surface area (Å²) in [5, 5.41) is 16.1. The first-order valence-electron chi connectivity index (χ1n) is 15.1. The van der Waals surface area contributed by atoms with Gasteiger partial charge in [0.25, 0.3) is 11.8 Å². The zero-order valence-corrected chi connectivity index (χ0v) is 25.9. The highest BCUT2D eigenvalue weighted by atomic mass is 16.3. The summed E-state index contributed by atoms with van der Waals surface area (Å²) in [6.45, 7) is 11.6. The van der Waals surface area contributed by atoms with Gasteiger partial charge in [0.2, 0.25) is 5.91 Å². The molecule has 3 amide bonds. The van der Waals surface area contributed by atoms with E-state index in [0.717, 1.165) is 31.2 Å². The van der Waals surface area contributed by atoms with E-state index in [-0.39, 0.29) is 29.8 Å². The third-order valence-corrected chi connectivity index (χ3v) is 6.94. The molecule has 2 aromatic rings. The quantitative estimate of drug-likeness (QED) is 0.191. The standard InChI is InChI=1S/C34H48N4O4/c1-7-11-19-38(36-32(40)25(5)6)24-31(39)30(22-27-15-13-12-14-16-27)35-33(41)28-20-26(10-4)21-29(23-28)34(42)37(17-8-2)18-9-3/h4,12-16,20-21,23,25,30-31,39H,7-9,11,17-19,22,24H2,1-3,5-6H3,(H,35,41)(H,36,40). The van der Waals surface area contributed by atoms with Gasteiger partial charge in [-0.25, -0.2) is 5.01 Å². The number of nitrogens with zero attached hydrogens (tertiary/aromatic N) is 2. The number of terminal acetylenes is 1. The van der Waals surface area contributed by atoms with E-state index in [1.807, 2.05) is 58.0 Å². The van der Waals surface area contributed by atoms with Crippen LogP contribution < -0.4 is 10.7 Å². The molecule has 2 aromatic carbocycles. The summed E-state index contributed by atoms with van der Waals surface area (Å²) in [6, 6.07) is 13.7. The Bertz CT molecular complexity index is 1190. The van der Waals surface area contributed by atoms with Gasteiger partial charge in [-0.1, -0.05) is 77.3 Å². The second kappa shape index (κ2) is 18.0. The van der Waals surface area contributed by atoms with E-state index in [2.05, 4.69) is 23.6 Å². The lowest BCUT2D eigenvalue weighted by molar-refractivity contribution is -0.129. The van der Waals surface area contributed by atoms with Gasteiger partial charge in [0.05, 0.1) is 12.1 Å². The van der Waals surface area contributed by atoms with Crippen LogP contribution >= 0.6 is 0 Å². The fourth-order valence-corrected chi connectivity index (χ4v) is 4.59. The number of carbonyl (C=O) groups excluding carboxylic acids is 3. The van der Waals surface area contributed by atoms with Crippen LogP contribution in [0.1, 0.15) is 92.1 Å². The number of benzene rings is 2. The molecule has 0 saturated heterocycles. The number of aliphatic hydroxyl groups is 1. The van der Waals surface area contributed by atoms with Crippen LogP contribution in [0, 0.1) is 18.3 Å². The lowest BCUT2D eigenvalue weighted by Crippen LogP contribution is -2.54. The van der Waals surface area contributed by atoms with Gasteiger partial charge in [-0.05, 0) is 49.4 Å². The van der Waals surface area contributed by atoms with E-state index in [0.29, 0.717) is 37.2 Å². The van der Waals surface area contributed by atoms with E-state index in [9.17, 15) is 19.5 Å². The van der Waals surface area contributed by atoms with Crippen LogP contribution in [0.3, 0.4) is 0 Å². The summed E-state index contributed by atoms with van der Waals surface area (Å²) in [4.78, 5) is 41.2. The van der Waals surface area contributed by atoms with Crippen molar-refractivity contribution in [2.45, 2.75) is 78.9 Å². The van der Waals surface area contributed by atoms with Crippen molar-refractivity contribution in [2.75, 3.05) is 26.2 Å². The van der Waals surface area contributed by atoms with E-state index >= 15 is 0 Å². The van der Waals surface area contributed by atoms with Gasteiger partial charge in [-0.3, -0.25) is 19.8 Å². The minimum absolute atomic E-state index is 0.132. The Balaban J connectivity index is 2.36. The average Bonchev–Trinajstić information content (AvgIpc) is 2.99. The molecule has 0 spiro atoms. The Morgan fingerprint density at radius 2 is 1.57 bits per heavy atom. The van der Waals surface area contributed by atoms with Gasteiger partial charge in [-0.2, -0.15) is 0 Å². The van der Waals surface area contributed by atoms with Crippen LogP contribution in [0.5, 0.6) is 0 Å². The molecule has 0 fully saturated rings. The van der Waals surface area contributed by atoms with Crippen LogP contribution in [0.4, 0.5) is 0 Å². The molecule has 0 heterocycles.